The molecule has 3 nitrogen and oxygen atoms in total. The van der Waals surface area contributed by atoms with Crippen molar-refractivity contribution >= 4 is 5.97 Å². The summed E-state index contributed by atoms with van der Waals surface area (Å²) < 4.78 is 0. The van der Waals surface area contributed by atoms with Crippen LogP contribution in [0.3, 0.4) is 0 Å². The Kier molecular flexibility index (Phi) is 15.6. The van der Waals surface area contributed by atoms with Crippen molar-refractivity contribution in [3.63, 3.8) is 0 Å². The minimum atomic E-state index is -0.879. The summed E-state index contributed by atoms with van der Waals surface area (Å²) in [5, 5.41) is 16.6. The van der Waals surface area contributed by atoms with Crippen LogP contribution in [0.4, 0.5) is 0 Å². The van der Waals surface area contributed by atoms with E-state index in [9.17, 15) is 4.79 Å². The fourth-order valence-electron chi connectivity index (χ4n) is 0.869. The maximum absolute atomic E-state index is 10.2. The van der Waals surface area contributed by atoms with Gasteiger partial charge in [0.15, 0.2) is 0 Å². The molecule has 0 spiro atoms. The Morgan fingerprint density at radius 2 is 1.75 bits per heavy atom. The molecule has 0 aliphatic heterocycles. The molecule has 0 atom stereocenters. The van der Waals surface area contributed by atoms with Crippen molar-refractivity contribution in [3.05, 3.63) is 42.8 Å². The quantitative estimate of drug-likeness (QED) is 0.424. The second-order valence-corrected chi connectivity index (χ2v) is 2.96. The van der Waals surface area contributed by atoms with E-state index in [0.29, 0.717) is 12.2 Å². The average molecular weight is 248 g/mol. The van der Waals surface area contributed by atoms with E-state index >= 15 is 0 Å². The van der Waals surface area contributed by atoms with Crippen LogP contribution in [-0.4, -0.2) is 22.8 Å². The number of aliphatic hydroxyl groups is 1. The van der Waals surface area contributed by atoms with Crippen molar-refractivity contribution in [1.29, 1.82) is 0 Å². The summed E-state index contributed by atoms with van der Waals surface area (Å²) in [7, 11) is 0. The Balaban J connectivity index is 0. The van der Waals surface area contributed by atoms with E-state index in [1.807, 2.05) is 0 Å². The summed E-state index contributed by atoms with van der Waals surface area (Å²) in [6.07, 6.45) is 2.90. The molecule has 0 aromatic heterocycles. The molecule has 0 fully saturated rings. The molecule has 0 saturated heterocycles. The number of hydrogen-bond acceptors (Lipinski definition) is 2. The van der Waals surface area contributed by atoms with Gasteiger partial charge in [0.25, 0.3) is 0 Å². The van der Waals surface area contributed by atoms with E-state index in [-0.39, 0.29) is 51.4 Å². The first-order valence-electron chi connectivity index (χ1n) is 4.90. The van der Waals surface area contributed by atoms with Gasteiger partial charge in [-0.2, -0.15) is 6.42 Å². The molecule has 0 aliphatic rings. The summed E-state index contributed by atoms with van der Waals surface area (Å²) >= 11 is 0. The van der Waals surface area contributed by atoms with Crippen molar-refractivity contribution in [3.8, 4) is 0 Å². The molecule has 0 amide bonds. The number of carbonyl (C=O) groups is 1. The fourth-order valence-corrected chi connectivity index (χ4v) is 0.869. The van der Waals surface area contributed by atoms with Gasteiger partial charge in [0, 0.05) is 6.61 Å². The molecule has 0 aliphatic carbocycles. The Hall–Kier alpha value is 0.286. The first-order chi connectivity index (χ1) is 7.22. The minimum absolute atomic E-state index is 0. The monoisotopic (exact) mass is 248 g/mol. The van der Waals surface area contributed by atoms with Crippen LogP contribution >= 0.6 is 0 Å². The van der Waals surface area contributed by atoms with Gasteiger partial charge in [-0.1, -0.05) is 24.6 Å². The van der Waals surface area contributed by atoms with E-state index in [1.165, 1.54) is 0 Å². The average Bonchev–Trinajstić information content (AvgIpc) is 2.28. The number of carboxylic acids is 1. The first kappa shape index (κ1) is 18.6. The predicted molar refractivity (Wildman–Crippen MR) is 59.7 cm³/mol. The van der Waals surface area contributed by atoms with Gasteiger partial charge in [0.05, 0.1) is 5.56 Å². The zero-order chi connectivity index (χ0) is 11.5. The van der Waals surface area contributed by atoms with Crippen LogP contribution in [0, 0.1) is 6.92 Å². The van der Waals surface area contributed by atoms with Gasteiger partial charge in [-0.25, -0.2) is 4.79 Å². The van der Waals surface area contributed by atoms with Crippen molar-refractivity contribution in [2.24, 2.45) is 0 Å². The number of benzene rings is 1. The standard InChI is InChI=1S/C7H6O2.C5H11O.K/c8-7(9)6-4-2-1-3-5-6;1-2-3-4-5-6;/h1-5H,(H,8,9);6H,1-5H2;/q;-1;+1. The van der Waals surface area contributed by atoms with Crippen LogP contribution in [0.1, 0.15) is 29.6 Å². The summed E-state index contributed by atoms with van der Waals surface area (Å²) in [5.41, 5.74) is 0.331. The van der Waals surface area contributed by atoms with Gasteiger partial charge in [-0.15, -0.1) is 0 Å². The van der Waals surface area contributed by atoms with Crippen molar-refractivity contribution in [1.82, 2.24) is 0 Å². The van der Waals surface area contributed by atoms with E-state index in [2.05, 4.69) is 6.92 Å². The minimum Gasteiger partial charge on any atom is -0.478 e. The molecule has 1 aromatic rings. The molecule has 0 saturated carbocycles. The Morgan fingerprint density at radius 3 is 2.00 bits per heavy atom. The molecule has 16 heavy (non-hydrogen) atoms. The molecule has 1 rings (SSSR count). The molecule has 0 unspecified atom stereocenters. The van der Waals surface area contributed by atoms with Crippen molar-refractivity contribution < 1.29 is 66.4 Å². The van der Waals surface area contributed by atoms with Crippen LogP contribution in [0.5, 0.6) is 0 Å². The molecular weight excluding hydrogens is 231 g/mol. The maximum atomic E-state index is 10.2. The second kappa shape index (κ2) is 13.4. The van der Waals surface area contributed by atoms with Crippen LogP contribution in [0.25, 0.3) is 0 Å². The number of rotatable bonds is 4. The number of aliphatic hydroxyl groups excluding tert-OH is 1. The van der Waals surface area contributed by atoms with Gasteiger partial charge in [0.1, 0.15) is 0 Å². The van der Waals surface area contributed by atoms with E-state index in [4.69, 9.17) is 10.2 Å². The molecule has 4 heteroatoms. The molecule has 2 N–H and O–H groups in total. The van der Waals surface area contributed by atoms with E-state index in [0.717, 1.165) is 19.3 Å². The molecule has 0 radical (unpaired) electrons. The Labute approximate surface area is 139 Å². The Morgan fingerprint density at radius 1 is 1.19 bits per heavy atom. The molecule has 1 aromatic carbocycles. The van der Waals surface area contributed by atoms with Crippen LogP contribution < -0.4 is 51.4 Å². The third-order valence-electron chi connectivity index (χ3n) is 1.68. The number of hydrogen-bond donors (Lipinski definition) is 2. The number of unbranched alkanes of at least 4 members (excludes halogenated alkanes) is 2. The summed E-state index contributed by atoms with van der Waals surface area (Å²) in [4.78, 5) is 10.2. The smallest absolute Gasteiger partial charge is 0.478 e. The zero-order valence-electron chi connectivity index (χ0n) is 9.72. The van der Waals surface area contributed by atoms with E-state index in [1.54, 1.807) is 30.3 Å². The molecule has 0 bridgehead atoms. The second-order valence-electron chi connectivity index (χ2n) is 2.96. The molecule has 0 heterocycles. The summed E-state index contributed by atoms with van der Waals surface area (Å²) in [6.45, 7) is 3.93. The predicted octanol–water partition coefficient (Wildman–Crippen LogP) is -0.628. The van der Waals surface area contributed by atoms with Gasteiger partial charge < -0.3 is 17.1 Å². The molecule has 84 valence electrons. The number of aromatic carboxylic acids is 1. The third kappa shape index (κ3) is 10.8. The van der Waals surface area contributed by atoms with Gasteiger partial charge in [-0.05, 0) is 18.6 Å². The maximum Gasteiger partial charge on any atom is 1.00 e. The van der Waals surface area contributed by atoms with Crippen molar-refractivity contribution in [2.45, 2.75) is 19.3 Å². The number of carboxylic acid groups (broad SMARTS) is 1. The SMILES string of the molecule is O=C(O)c1ccccc1.[CH2-]CCCCO.[K+]. The largest absolute Gasteiger partial charge is 1.00 e. The first-order valence-corrected chi connectivity index (χ1v) is 4.90. The van der Waals surface area contributed by atoms with E-state index < -0.39 is 5.97 Å². The molecular formula is C12H17KO3. The fraction of sp³-hybridized carbons (Fsp3) is 0.333. The van der Waals surface area contributed by atoms with Crippen LogP contribution in [0.2, 0.25) is 0 Å². The summed E-state index contributed by atoms with van der Waals surface area (Å²) in [5.74, 6) is -0.879. The Bertz CT molecular complexity index is 258. The van der Waals surface area contributed by atoms with Crippen molar-refractivity contribution in [2.75, 3.05) is 6.61 Å². The topological polar surface area (TPSA) is 57.5 Å². The van der Waals surface area contributed by atoms with Crippen LogP contribution in [0.15, 0.2) is 30.3 Å². The van der Waals surface area contributed by atoms with Crippen LogP contribution in [-0.2, 0) is 0 Å². The summed E-state index contributed by atoms with van der Waals surface area (Å²) in [6, 6.07) is 8.30. The zero-order valence-corrected chi connectivity index (χ0v) is 12.8. The normalized spacial score (nSPS) is 8.38. The van der Waals surface area contributed by atoms with Gasteiger partial charge in [0.2, 0.25) is 0 Å². The van der Waals surface area contributed by atoms with Gasteiger partial charge in [-0.3, -0.25) is 0 Å². The van der Waals surface area contributed by atoms with Gasteiger partial charge >= 0.3 is 57.4 Å². The third-order valence-corrected chi connectivity index (χ3v) is 1.68.